The van der Waals surface area contributed by atoms with Crippen LogP contribution in [0.5, 0.6) is 5.75 Å². The predicted molar refractivity (Wildman–Crippen MR) is 79.2 cm³/mol. The number of benzene rings is 1. The molecule has 0 aliphatic heterocycles. The molecule has 0 amide bonds. The molecule has 0 heterocycles. The van der Waals surface area contributed by atoms with E-state index in [1.807, 2.05) is 18.2 Å². The van der Waals surface area contributed by atoms with Gasteiger partial charge in [-0.15, -0.1) is 6.42 Å². The molecule has 2 heteroatoms. The van der Waals surface area contributed by atoms with E-state index >= 15 is 0 Å². The van der Waals surface area contributed by atoms with Crippen molar-refractivity contribution in [3.8, 4) is 18.1 Å². The van der Waals surface area contributed by atoms with Crippen molar-refractivity contribution < 1.29 is 9.53 Å². The van der Waals surface area contributed by atoms with E-state index in [1.165, 1.54) is 18.6 Å². The zero-order valence-electron chi connectivity index (χ0n) is 12.0. The van der Waals surface area contributed by atoms with Crippen molar-refractivity contribution in [1.82, 2.24) is 0 Å². The van der Waals surface area contributed by atoms with Crippen LogP contribution in [-0.2, 0) is 10.2 Å². The molecule has 1 rings (SSSR count). The zero-order chi connectivity index (χ0) is 14.5. The first-order valence-electron chi connectivity index (χ1n) is 6.24. The van der Waals surface area contributed by atoms with E-state index in [1.54, 1.807) is 6.08 Å². The summed E-state index contributed by atoms with van der Waals surface area (Å²) in [7, 11) is 0. The molecule has 0 aliphatic carbocycles. The van der Waals surface area contributed by atoms with Crippen LogP contribution in [0.4, 0.5) is 0 Å². The molecule has 19 heavy (non-hydrogen) atoms. The van der Waals surface area contributed by atoms with Crippen LogP contribution in [0.15, 0.2) is 24.3 Å². The highest BCUT2D eigenvalue weighted by atomic mass is 16.5. The Labute approximate surface area is 115 Å². The third-order valence-electron chi connectivity index (χ3n) is 2.68. The van der Waals surface area contributed by atoms with Crippen molar-refractivity contribution >= 4 is 11.9 Å². The summed E-state index contributed by atoms with van der Waals surface area (Å²) in [6, 6.07) is 5.96. The van der Waals surface area contributed by atoms with Gasteiger partial charge in [-0.3, -0.25) is 4.79 Å². The van der Waals surface area contributed by atoms with Crippen LogP contribution >= 0.6 is 0 Å². The van der Waals surface area contributed by atoms with E-state index in [-0.39, 0.29) is 17.8 Å². The lowest BCUT2D eigenvalue weighted by Crippen LogP contribution is -2.11. The SMILES string of the molecule is C#CCOc1ccc(C(C)(C)C)cc1/C=C/C(C)=O. The molecule has 0 fully saturated rings. The fraction of sp³-hybridized carbons (Fsp3) is 0.353. The highest BCUT2D eigenvalue weighted by Crippen LogP contribution is 2.28. The van der Waals surface area contributed by atoms with E-state index in [4.69, 9.17) is 11.2 Å². The Bertz CT molecular complexity index is 525. The Morgan fingerprint density at radius 1 is 1.42 bits per heavy atom. The van der Waals surface area contributed by atoms with Crippen LogP contribution in [0.2, 0.25) is 0 Å². The molecule has 0 N–H and O–H groups in total. The minimum Gasteiger partial charge on any atom is -0.480 e. The summed E-state index contributed by atoms with van der Waals surface area (Å²) in [6.45, 7) is 8.16. The smallest absolute Gasteiger partial charge is 0.152 e. The van der Waals surface area contributed by atoms with Crippen LogP contribution in [0.3, 0.4) is 0 Å². The number of ketones is 1. The molecular weight excluding hydrogens is 236 g/mol. The quantitative estimate of drug-likeness (QED) is 0.608. The Hall–Kier alpha value is -2.01. The Balaban J connectivity index is 3.18. The third kappa shape index (κ3) is 4.63. The van der Waals surface area contributed by atoms with Gasteiger partial charge < -0.3 is 4.74 Å². The second-order valence-electron chi connectivity index (χ2n) is 5.44. The maximum absolute atomic E-state index is 11.1. The fourth-order valence-corrected chi connectivity index (χ4v) is 1.60. The van der Waals surface area contributed by atoms with Crippen molar-refractivity contribution in [3.05, 3.63) is 35.4 Å². The van der Waals surface area contributed by atoms with Crippen LogP contribution < -0.4 is 4.74 Å². The Morgan fingerprint density at radius 3 is 2.63 bits per heavy atom. The Kier molecular flexibility index (Phi) is 4.94. The van der Waals surface area contributed by atoms with Gasteiger partial charge >= 0.3 is 0 Å². The van der Waals surface area contributed by atoms with E-state index in [0.717, 1.165) is 5.56 Å². The van der Waals surface area contributed by atoms with Gasteiger partial charge in [-0.05, 0) is 42.2 Å². The first-order valence-corrected chi connectivity index (χ1v) is 6.24. The van der Waals surface area contributed by atoms with Crippen molar-refractivity contribution in [1.29, 1.82) is 0 Å². The number of hydrogen-bond donors (Lipinski definition) is 0. The van der Waals surface area contributed by atoms with Crippen molar-refractivity contribution in [2.45, 2.75) is 33.1 Å². The maximum Gasteiger partial charge on any atom is 0.152 e. The molecule has 0 bridgehead atoms. The molecule has 100 valence electrons. The van der Waals surface area contributed by atoms with Crippen molar-refractivity contribution in [3.63, 3.8) is 0 Å². The van der Waals surface area contributed by atoms with E-state index < -0.39 is 0 Å². The van der Waals surface area contributed by atoms with Gasteiger partial charge in [0.1, 0.15) is 12.4 Å². The number of hydrogen-bond acceptors (Lipinski definition) is 2. The van der Waals surface area contributed by atoms with Gasteiger partial charge in [0.15, 0.2) is 5.78 Å². The normalized spacial score (nSPS) is 11.3. The van der Waals surface area contributed by atoms with Gasteiger partial charge in [0.2, 0.25) is 0 Å². The Morgan fingerprint density at radius 2 is 2.11 bits per heavy atom. The van der Waals surface area contributed by atoms with Gasteiger partial charge in [0.25, 0.3) is 0 Å². The summed E-state index contributed by atoms with van der Waals surface area (Å²) in [5, 5.41) is 0. The van der Waals surface area contributed by atoms with Gasteiger partial charge in [0, 0.05) is 5.56 Å². The lowest BCUT2D eigenvalue weighted by molar-refractivity contribution is -0.112. The molecule has 0 spiro atoms. The summed E-state index contributed by atoms with van der Waals surface area (Å²) in [6.07, 6.45) is 8.50. The highest BCUT2D eigenvalue weighted by molar-refractivity contribution is 5.91. The molecule has 1 aromatic rings. The van der Waals surface area contributed by atoms with E-state index in [9.17, 15) is 4.79 Å². The van der Waals surface area contributed by atoms with Gasteiger partial charge in [-0.2, -0.15) is 0 Å². The summed E-state index contributed by atoms with van der Waals surface area (Å²) in [5.41, 5.74) is 2.10. The molecule has 0 atom stereocenters. The van der Waals surface area contributed by atoms with Crippen LogP contribution in [0.25, 0.3) is 6.08 Å². The zero-order valence-corrected chi connectivity index (χ0v) is 12.0. The third-order valence-corrected chi connectivity index (χ3v) is 2.68. The second kappa shape index (κ2) is 6.24. The van der Waals surface area contributed by atoms with E-state index in [2.05, 4.69) is 26.7 Å². The average molecular weight is 256 g/mol. The largest absolute Gasteiger partial charge is 0.480 e. The molecule has 0 unspecified atom stereocenters. The van der Waals surface area contributed by atoms with Gasteiger partial charge in [-0.25, -0.2) is 0 Å². The second-order valence-corrected chi connectivity index (χ2v) is 5.44. The number of ether oxygens (including phenoxy) is 1. The topological polar surface area (TPSA) is 26.3 Å². The lowest BCUT2D eigenvalue weighted by Gasteiger charge is -2.20. The number of terminal acetylenes is 1. The van der Waals surface area contributed by atoms with Crippen molar-refractivity contribution in [2.24, 2.45) is 0 Å². The molecule has 0 aromatic heterocycles. The average Bonchev–Trinajstić information content (AvgIpc) is 2.33. The van der Waals surface area contributed by atoms with Crippen LogP contribution in [-0.4, -0.2) is 12.4 Å². The summed E-state index contributed by atoms with van der Waals surface area (Å²) < 4.78 is 5.49. The standard InChI is InChI=1S/C17H20O2/c1-6-11-19-16-10-9-15(17(3,4)5)12-14(16)8-7-13(2)18/h1,7-10,12H,11H2,2-5H3/b8-7+. The molecular formula is C17H20O2. The molecule has 0 radical (unpaired) electrons. The molecule has 0 saturated heterocycles. The number of rotatable bonds is 4. The minimum absolute atomic E-state index is 0.00376. The predicted octanol–water partition coefficient (Wildman–Crippen LogP) is 3.60. The maximum atomic E-state index is 11.1. The molecule has 1 aromatic carbocycles. The first-order chi connectivity index (χ1) is 8.84. The van der Waals surface area contributed by atoms with Crippen LogP contribution in [0, 0.1) is 12.3 Å². The van der Waals surface area contributed by atoms with Crippen molar-refractivity contribution in [2.75, 3.05) is 6.61 Å². The summed E-state index contributed by atoms with van der Waals surface area (Å²) >= 11 is 0. The highest BCUT2D eigenvalue weighted by Gasteiger charge is 2.15. The molecule has 0 aliphatic rings. The fourth-order valence-electron chi connectivity index (χ4n) is 1.60. The van der Waals surface area contributed by atoms with E-state index in [0.29, 0.717) is 5.75 Å². The lowest BCUT2D eigenvalue weighted by atomic mass is 9.86. The van der Waals surface area contributed by atoms with Crippen LogP contribution in [0.1, 0.15) is 38.8 Å². The summed E-state index contributed by atoms with van der Waals surface area (Å²) in [5.74, 6) is 3.14. The number of allylic oxidation sites excluding steroid dienone is 1. The van der Waals surface area contributed by atoms with Gasteiger partial charge in [0.05, 0.1) is 0 Å². The monoisotopic (exact) mass is 256 g/mol. The summed E-state index contributed by atoms with van der Waals surface area (Å²) in [4.78, 5) is 11.1. The molecule has 2 nitrogen and oxygen atoms in total. The van der Waals surface area contributed by atoms with Gasteiger partial charge in [-0.1, -0.05) is 32.8 Å². The first kappa shape index (κ1) is 15.0. The number of carbonyl (C=O) groups is 1. The minimum atomic E-state index is 0.00376. The molecule has 0 saturated carbocycles. The number of carbonyl (C=O) groups excluding carboxylic acids is 1.